The third kappa shape index (κ3) is 3.52. The van der Waals surface area contributed by atoms with Gasteiger partial charge in [-0.2, -0.15) is 0 Å². The Morgan fingerprint density at radius 3 is 2.14 bits per heavy atom. The van der Waals surface area contributed by atoms with E-state index in [9.17, 15) is 0 Å². The number of hydrogen-bond donors (Lipinski definition) is 0. The van der Waals surface area contributed by atoms with E-state index in [2.05, 4.69) is 143 Å². The van der Waals surface area contributed by atoms with Crippen LogP contribution < -0.4 is 0 Å². The molecule has 0 saturated heterocycles. The molecule has 0 fully saturated rings. The number of para-hydroxylation sites is 1. The predicted molar refractivity (Wildman–Crippen MR) is 178 cm³/mol. The van der Waals surface area contributed by atoms with Crippen LogP contribution in [0.4, 0.5) is 0 Å². The van der Waals surface area contributed by atoms with Gasteiger partial charge in [-0.3, -0.25) is 4.57 Å². The second-order valence-corrected chi connectivity index (χ2v) is 11.5. The topological polar surface area (TPSA) is 30.7 Å². The van der Waals surface area contributed by atoms with Crippen molar-refractivity contribution in [2.45, 2.75) is 0 Å². The summed E-state index contributed by atoms with van der Waals surface area (Å²) in [5, 5.41) is 12.8. The number of aromatic nitrogens is 3. The average molecular weight is 554 g/mol. The third-order valence-corrected chi connectivity index (χ3v) is 9.04. The van der Waals surface area contributed by atoms with Crippen LogP contribution in [0.3, 0.4) is 0 Å². The van der Waals surface area contributed by atoms with Crippen LogP contribution in [-0.2, 0) is 0 Å². The molecule has 0 aliphatic heterocycles. The minimum absolute atomic E-state index is 0.688. The predicted octanol–water partition coefficient (Wildman–Crippen LogP) is 10.4. The molecule has 0 unspecified atom stereocenters. The lowest BCUT2D eigenvalue weighted by Gasteiger charge is -2.11. The van der Waals surface area contributed by atoms with Crippen LogP contribution in [0.5, 0.6) is 0 Å². The molecule has 3 heterocycles. The normalized spacial score (nSPS) is 11.8. The van der Waals surface area contributed by atoms with Crippen molar-refractivity contribution in [3.8, 4) is 28.3 Å². The van der Waals surface area contributed by atoms with Crippen LogP contribution in [0.15, 0.2) is 138 Å². The van der Waals surface area contributed by atoms with Gasteiger partial charge in [0.25, 0.3) is 0 Å². The van der Waals surface area contributed by atoms with Crippen LogP contribution in [0, 0.1) is 0 Å². The first-order valence-corrected chi connectivity index (χ1v) is 15.0. The molecule has 6 aromatic carbocycles. The summed E-state index contributed by atoms with van der Waals surface area (Å²) >= 11 is 1.67. The largest absolute Gasteiger partial charge is 0.278 e. The molecule has 0 saturated carbocycles. The molecule has 3 aromatic heterocycles. The molecule has 0 aliphatic carbocycles. The lowest BCUT2D eigenvalue weighted by atomic mass is 9.98. The standard InChI is InChI=1S/C38H23N3S/c1-2-10-26-20-28(17-16-24(26)8-1)27-11-7-12-29(21-27)37-32-22-42-23-33(32)39-38(40-37)41-34-15-6-5-14-31(34)36-30-13-4-3-9-25(30)18-19-35(36)41/h1-23H. The fraction of sp³-hybridized carbons (Fsp3) is 0. The monoisotopic (exact) mass is 553 g/mol. The van der Waals surface area contributed by atoms with Crippen molar-refractivity contribution in [3.05, 3.63) is 138 Å². The van der Waals surface area contributed by atoms with Gasteiger partial charge in [0.2, 0.25) is 5.95 Å². The molecule has 3 nitrogen and oxygen atoms in total. The molecule has 0 amide bonds. The number of rotatable bonds is 3. The molecule has 0 aliphatic rings. The third-order valence-electron chi connectivity index (χ3n) is 8.31. The molecule has 0 N–H and O–H groups in total. The van der Waals surface area contributed by atoms with E-state index in [-0.39, 0.29) is 0 Å². The molecule has 0 spiro atoms. The average Bonchev–Trinajstić information content (AvgIpc) is 3.67. The van der Waals surface area contributed by atoms with Crippen LogP contribution in [0.25, 0.3) is 82.6 Å². The maximum absolute atomic E-state index is 5.31. The van der Waals surface area contributed by atoms with Crippen molar-refractivity contribution in [2.75, 3.05) is 0 Å². The number of hydrogen-bond acceptors (Lipinski definition) is 3. The van der Waals surface area contributed by atoms with Gasteiger partial charge in [0.15, 0.2) is 0 Å². The van der Waals surface area contributed by atoms with Crippen molar-refractivity contribution in [3.63, 3.8) is 0 Å². The Kier molecular flexibility index (Phi) is 5.07. The van der Waals surface area contributed by atoms with Crippen LogP contribution in [0.2, 0.25) is 0 Å². The van der Waals surface area contributed by atoms with Gasteiger partial charge in [0.1, 0.15) is 0 Å². The Labute approximate surface area is 246 Å². The van der Waals surface area contributed by atoms with Gasteiger partial charge < -0.3 is 0 Å². The van der Waals surface area contributed by atoms with Gasteiger partial charge in [-0.25, -0.2) is 9.97 Å². The lowest BCUT2D eigenvalue weighted by molar-refractivity contribution is 1.02. The highest BCUT2D eigenvalue weighted by Crippen LogP contribution is 2.38. The molecule has 196 valence electrons. The molecular weight excluding hydrogens is 531 g/mol. The molecule has 42 heavy (non-hydrogen) atoms. The zero-order chi connectivity index (χ0) is 27.6. The number of benzene rings is 6. The summed E-state index contributed by atoms with van der Waals surface area (Å²) in [6.07, 6.45) is 0. The summed E-state index contributed by atoms with van der Waals surface area (Å²) in [4.78, 5) is 10.4. The number of nitrogens with zero attached hydrogens (tertiary/aromatic N) is 3. The number of thiophene rings is 1. The first-order valence-electron chi connectivity index (χ1n) is 14.1. The van der Waals surface area contributed by atoms with E-state index in [4.69, 9.17) is 9.97 Å². The van der Waals surface area contributed by atoms with E-state index in [1.54, 1.807) is 11.3 Å². The van der Waals surface area contributed by atoms with E-state index in [0.29, 0.717) is 5.95 Å². The summed E-state index contributed by atoms with van der Waals surface area (Å²) in [7, 11) is 0. The fourth-order valence-electron chi connectivity index (χ4n) is 6.34. The van der Waals surface area contributed by atoms with Gasteiger partial charge in [-0.05, 0) is 56.9 Å². The van der Waals surface area contributed by atoms with Crippen LogP contribution >= 0.6 is 11.3 Å². The first kappa shape index (κ1) is 23.4. The summed E-state index contributed by atoms with van der Waals surface area (Å²) < 4.78 is 2.23. The molecule has 9 aromatic rings. The molecule has 9 rings (SSSR count). The summed E-state index contributed by atoms with van der Waals surface area (Å²) in [6, 6.07) is 45.5. The van der Waals surface area contributed by atoms with E-state index >= 15 is 0 Å². The van der Waals surface area contributed by atoms with E-state index in [1.807, 2.05) is 0 Å². The van der Waals surface area contributed by atoms with E-state index < -0.39 is 0 Å². The van der Waals surface area contributed by atoms with Crippen molar-refractivity contribution >= 4 is 65.6 Å². The zero-order valence-corrected chi connectivity index (χ0v) is 23.3. The zero-order valence-electron chi connectivity index (χ0n) is 22.5. The van der Waals surface area contributed by atoms with Gasteiger partial charge >= 0.3 is 0 Å². The SMILES string of the molecule is c1cc(-c2ccc3ccccc3c2)cc(-c2nc(-n3c4ccccc4c4c5ccccc5ccc43)nc3cscc23)c1. The molecule has 4 heteroatoms. The summed E-state index contributed by atoms with van der Waals surface area (Å²) in [5.41, 5.74) is 7.58. The second-order valence-electron chi connectivity index (χ2n) is 10.7. The number of fused-ring (bicyclic) bond motifs is 7. The maximum Gasteiger partial charge on any atom is 0.235 e. The Hall–Kier alpha value is -5.32. The second kappa shape index (κ2) is 9.10. The highest BCUT2D eigenvalue weighted by molar-refractivity contribution is 7.09. The Balaban J connectivity index is 1.28. The van der Waals surface area contributed by atoms with Crippen LogP contribution in [0.1, 0.15) is 0 Å². The van der Waals surface area contributed by atoms with Gasteiger partial charge in [-0.1, -0.05) is 103 Å². The summed E-state index contributed by atoms with van der Waals surface area (Å²) in [6.45, 7) is 0. The van der Waals surface area contributed by atoms with Crippen LogP contribution in [-0.4, -0.2) is 14.5 Å². The van der Waals surface area contributed by atoms with Crippen molar-refractivity contribution in [1.82, 2.24) is 14.5 Å². The minimum Gasteiger partial charge on any atom is -0.278 e. The first-order chi connectivity index (χ1) is 20.8. The van der Waals surface area contributed by atoms with Crippen molar-refractivity contribution in [1.29, 1.82) is 0 Å². The molecule has 0 atom stereocenters. The fourth-order valence-corrected chi connectivity index (χ4v) is 7.08. The van der Waals surface area contributed by atoms with Crippen molar-refractivity contribution in [2.24, 2.45) is 0 Å². The Morgan fingerprint density at radius 1 is 0.476 bits per heavy atom. The highest BCUT2D eigenvalue weighted by Gasteiger charge is 2.19. The molecule has 0 radical (unpaired) electrons. The lowest BCUT2D eigenvalue weighted by Crippen LogP contribution is -2.02. The summed E-state index contributed by atoms with van der Waals surface area (Å²) in [5.74, 6) is 0.688. The van der Waals surface area contributed by atoms with Gasteiger partial charge in [-0.15, -0.1) is 11.3 Å². The smallest absolute Gasteiger partial charge is 0.235 e. The minimum atomic E-state index is 0.688. The highest BCUT2D eigenvalue weighted by atomic mass is 32.1. The quantitative estimate of drug-likeness (QED) is 0.218. The molecule has 0 bridgehead atoms. The van der Waals surface area contributed by atoms with E-state index in [1.165, 1.54) is 43.4 Å². The maximum atomic E-state index is 5.31. The molecular formula is C38H23N3S. The Morgan fingerprint density at radius 2 is 1.21 bits per heavy atom. The van der Waals surface area contributed by atoms with E-state index in [0.717, 1.165) is 33.2 Å². The van der Waals surface area contributed by atoms with Gasteiger partial charge in [0.05, 0.1) is 22.2 Å². The van der Waals surface area contributed by atoms with Gasteiger partial charge in [0, 0.05) is 32.5 Å². The van der Waals surface area contributed by atoms with Crippen molar-refractivity contribution < 1.29 is 0 Å². The Bertz CT molecular complexity index is 2480.